The van der Waals surface area contributed by atoms with Crippen LogP contribution >= 0.6 is 0 Å². The smallest absolute Gasteiger partial charge is 0.261 e. The van der Waals surface area contributed by atoms with Crippen molar-refractivity contribution in [1.82, 2.24) is 4.90 Å². The molecule has 2 aromatic rings. The number of hydrogen-bond acceptors (Lipinski definition) is 4. The Morgan fingerprint density at radius 3 is 2.57 bits per heavy atom. The molecule has 1 N–H and O–H groups in total. The molecule has 3 rings (SSSR count). The van der Waals surface area contributed by atoms with Crippen LogP contribution in [0.25, 0.3) is 0 Å². The van der Waals surface area contributed by atoms with Crippen molar-refractivity contribution in [2.75, 3.05) is 20.8 Å². The molecule has 1 aliphatic rings. The van der Waals surface area contributed by atoms with Crippen molar-refractivity contribution in [3.05, 3.63) is 53.1 Å². The maximum absolute atomic E-state index is 12.9. The Hall–Kier alpha value is -2.69. The van der Waals surface area contributed by atoms with E-state index in [-0.39, 0.29) is 17.2 Å². The Labute approximate surface area is 135 Å². The van der Waals surface area contributed by atoms with Crippen molar-refractivity contribution in [2.24, 2.45) is 0 Å². The number of carbonyl (C=O) groups is 1. The lowest BCUT2D eigenvalue weighted by Crippen LogP contribution is -2.36. The summed E-state index contributed by atoms with van der Waals surface area (Å²) in [6, 6.07) is 11.1. The van der Waals surface area contributed by atoms with Crippen LogP contribution in [0.4, 0.5) is 0 Å². The Morgan fingerprint density at radius 2 is 1.87 bits per heavy atom. The molecule has 120 valence electrons. The van der Waals surface area contributed by atoms with Crippen molar-refractivity contribution in [3.63, 3.8) is 0 Å². The van der Waals surface area contributed by atoms with Gasteiger partial charge < -0.3 is 19.5 Å². The lowest BCUT2D eigenvalue weighted by atomic mass is 9.99. The van der Waals surface area contributed by atoms with E-state index < -0.39 is 0 Å². The number of benzene rings is 2. The van der Waals surface area contributed by atoms with Crippen molar-refractivity contribution < 1.29 is 19.4 Å². The monoisotopic (exact) mass is 313 g/mol. The minimum Gasteiger partial charge on any atom is -0.507 e. The number of methoxy groups -OCH3 is 2. The summed E-state index contributed by atoms with van der Waals surface area (Å²) in [4.78, 5) is 14.6. The molecule has 1 amide bonds. The average molecular weight is 313 g/mol. The van der Waals surface area contributed by atoms with Crippen LogP contribution in [0, 0.1) is 0 Å². The lowest BCUT2D eigenvalue weighted by Gasteiger charge is -2.29. The van der Waals surface area contributed by atoms with E-state index in [1.165, 1.54) is 25.8 Å². The fourth-order valence-electron chi connectivity index (χ4n) is 2.90. The highest BCUT2D eigenvalue weighted by molar-refractivity contribution is 6.00. The van der Waals surface area contributed by atoms with Crippen LogP contribution in [0.3, 0.4) is 0 Å². The third-order valence-corrected chi connectivity index (χ3v) is 4.14. The Balaban J connectivity index is 1.92. The first-order valence-electron chi connectivity index (χ1n) is 7.45. The van der Waals surface area contributed by atoms with E-state index in [1.54, 1.807) is 11.0 Å². The van der Waals surface area contributed by atoms with Crippen molar-refractivity contribution in [1.29, 1.82) is 0 Å². The minimum atomic E-state index is -0.239. The van der Waals surface area contributed by atoms with Gasteiger partial charge in [0.2, 0.25) is 0 Å². The Kier molecular flexibility index (Phi) is 4.10. The predicted octanol–water partition coefficient (Wildman–Crippen LogP) is 2.61. The summed E-state index contributed by atoms with van der Waals surface area (Å²) in [7, 11) is 2.97. The van der Waals surface area contributed by atoms with Gasteiger partial charge in [-0.25, -0.2) is 0 Å². The number of amides is 1. The van der Waals surface area contributed by atoms with Crippen LogP contribution in [-0.2, 0) is 13.0 Å². The van der Waals surface area contributed by atoms with Gasteiger partial charge in [-0.15, -0.1) is 0 Å². The van der Waals surface area contributed by atoms with Gasteiger partial charge in [-0.1, -0.05) is 24.3 Å². The molecule has 0 atom stereocenters. The van der Waals surface area contributed by atoms with Gasteiger partial charge in [-0.05, 0) is 17.5 Å². The normalized spacial score (nSPS) is 13.4. The van der Waals surface area contributed by atoms with Gasteiger partial charge in [0.1, 0.15) is 22.8 Å². The zero-order valence-electron chi connectivity index (χ0n) is 13.2. The molecule has 1 heterocycles. The first-order chi connectivity index (χ1) is 11.1. The summed E-state index contributed by atoms with van der Waals surface area (Å²) in [5, 5.41) is 10.2. The SMILES string of the molecule is COc1cc(O)c(C(=O)N2CCc3ccccc3C2)c(OC)c1. The summed E-state index contributed by atoms with van der Waals surface area (Å²) < 4.78 is 10.4. The lowest BCUT2D eigenvalue weighted by molar-refractivity contribution is 0.0728. The Morgan fingerprint density at radius 1 is 1.13 bits per heavy atom. The van der Waals surface area contributed by atoms with Crippen LogP contribution < -0.4 is 9.47 Å². The van der Waals surface area contributed by atoms with E-state index in [9.17, 15) is 9.90 Å². The third-order valence-electron chi connectivity index (χ3n) is 4.14. The molecule has 0 saturated heterocycles. The first-order valence-corrected chi connectivity index (χ1v) is 7.45. The van der Waals surface area contributed by atoms with Gasteiger partial charge in [0.05, 0.1) is 14.2 Å². The summed E-state index contributed by atoms with van der Waals surface area (Å²) in [6.07, 6.45) is 0.807. The van der Waals surface area contributed by atoms with Crippen molar-refractivity contribution >= 4 is 5.91 Å². The first kappa shape index (κ1) is 15.2. The fraction of sp³-hybridized carbons (Fsp3) is 0.278. The largest absolute Gasteiger partial charge is 0.507 e. The number of phenolic OH excluding ortho intramolecular Hbond substituents is 1. The van der Waals surface area contributed by atoms with Crippen LogP contribution in [0.5, 0.6) is 17.2 Å². The molecule has 1 aliphatic heterocycles. The van der Waals surface area contributed by atoms with Gasteiger partial charge >= 0.3 is 0 Å². The molecule has 0 fully saturated rings. The molecule has 0 unspecified atom stereocenters. The molecule has 0 spiro atoms. The number of fused-ring (bicyclic) bond motifs is 1. The third kappa shape index (κ3) is 2.82. The molecule has 5 heteroatoms. The van der Waals surface area contributed by atoms with Gasteiger partial charge in [-0.3, -0.25) is 4.79 Å². The number of aromatic hydroxyl groups is 1. The van der Waals surface area contributed by atoms with Gasteiger partial charge in [-0.2, -0.15) is 0 Å². The average Bonchev–Trinajstić information content (AvgIpc) is 2.59. The zero-order valence-corrected chi connectivity index (χ0v) is 13.2. The predicted molar refractivity (Wildman–Crippen MR) is 86.1 cm³/mol. The van der Waals surface area contributed by atoms with Gasteiger partial charge in [0.25, 0.3) is 5.91 Å². The summed E-state index contributed by atoms with van der Waals surface area (Å²) in [5.41, 5.74) is 2.58. The topological polar surface area (TPSA) is 59.0 Å². The molecular weight excluding hydrogens is 294 g/mol. The second-order valence-corrected chi connectivity index (χ2v) is 5.47. The maximum atomic E-state index is 12.9. The highest BCUT2D eigenvalue weighted by Crippen LogP contribution is 2.35. The number of hydrogen-bond donors (Lipinski definition) is 1. The number of phenols is 1. The van der Waals surface area contributed by atoms with Crippen molar-refractivity contribution in [2.45, 2.75) is 13.0 Å². The second kappa shape index (κ2) is 6.20. The molecule has 2 aromatic carbocycles. The molecule has 5 nitrogen and oxygen atoms in total. The van der Waals surface area contributed by atoms with Crippen LogP contribution in [0.2, 0.25) is 0 Å². The number of ether oxygens (including phenoxy) is 2. The highest BCUT2D eigenvalue weighted by Gasteiger charge is 2.27. The molecule has 0 aromatic heterocycles. The van der Waals surface area contributed by atoms with Crippen LogP contribution in [0.1, 0.15) is 21.5 Å². The van der Waals surface area contributed by atoms with E-state index in [0.29, 0.717) is 24.6 Å². The molecule has 0 bridgehead atoms. The van der Waals surface area contributed by atoms with Gasteiger partial charge in [0.15, 0.2) is 0 Å². The second-order valence-electron chi connectivity index (χ2n) is 5.47. The number of carbonyl (C=O) groups excluding carboxylic acids is 1. The van der Waals surface area contributed by atoms with E-state index in [0.717, 1.165) is 12.0 Å². The summed E-state index contributed by atoms with van der Waals surface area (Å²) in [6.45, 7) is 1.15. The number of nitrogens with zero attached hydrogens (tertiary/aromatic N) is 1. The zero-order chi connectivity index (χ0) is 16.4. The fourth-order valence-corrected chi connectivity index (χ4v) is 2.90. The van der Waals surface area contributed by atoms with Crippen LogP contribution in [-0.4, -0.2) is 36.7 Å². The molecule has 0 radical (unpaired) electrons. The molecule has 23 heavy (non-hydrogen) atoms. The van der Waals surface area contributed by atoms with E-state index >= 15 is 0 Å². The molecule has 0 aliphatic carbocycles. The van der Waals surface area contributed by atoms with E-state index in [1.807, 2.05) is 18.2 Å². The van der Waals surface area contributed by atoms with Gasteiger partial charge in [0, 0.05) is 25.2 Å². The van der Waals surface area contributed by atoms with E-state index in [4.69, 9.17) is 9.47 Å². The maximum Gasteiger partial charge on any atom is 0.261 e. The number of rotatable bonds is 3. The minimum absolute atomic E-state index is 0.134. The molecular formula is C18H19NO4. The summed E-state index contributed by atoms with van der Waals surface area (Å²) in [5.74, 6) is 0.382. The Bertz CT molecular complexity index is 742. The summed E-state index contributed by atoms with van der Waals surface area (Å²) >= 11 is 0. The van der Waals surface area contributed by atoms with E-state index in [2.05, 4.69) is 6.07 Å². The quantitative estimate of drug-likeness (QED) is 0.946. The molecule has 0 saturated carbocycles. The van der Waals surface area contributed by atoms with Crippen LogP contribution in [0.15, 0.2) is 36.4 Å². The highest BCUT2D eigenvalue weighted by atomic mass is 16.5. The standard InChI is InChI=1S/C18H19NO4/c1-22-14-9-15(20)17(16(10-14)23-2)18(21)19-8-7-12-5-3-4-6-13(12)11-19/h3-6,9-10,20H,7-8,11H2,1-2H3. The van der Waals surface area contributed by atoms with Crippen molar-refractivity contribution in [3.8, 4) is 17.2 Å².